The van der Waals surface area contributed by atoms with Crippen molar-refractivity contribution in [2.24, 2.45) is 0 Å². The van der Waals surface area contributed by atoms with Gasteiger partial charge < -0.3 is 23.7 Å². The normalized spacial score (nSPS) is 14.2. The van der Waals surface area contributed by atoms with Crippen molar-refractivity contribution in [3.63, 3.8) is 0 Å². The van der Waals surface area contributed by atoms with Gasteiger partial charge in [-0.25, -0.2) is 4.79 Å². The highest BCUT2D eigenvalue weighted by atomic mass is 16.6. The molecule has 0 radical (unpaired) electrons. The van der Waals surface area contributed by atoms with Crippen molar-refractivity contribution in [3.05, 3.63) is 89.2 Å². The molecule has 0 aromatic heterocycles. The number of ether oxygens (including phenoxy) is 5. The summed E-state index contributed by atoms with van der Waals surface area (Å²) in [5, 5.41) is 0. The molecule has 1 aliphatic heterocycles. The lowest BCUT2D eigenvalue weighted by atomic mass is 10.1. The van der Waals surface area contributed by atoms with Gasteiger partial charge in [0.2, 0.25) is 11.9 Å². The number of methoxy groups -OCH3 is 2. The first-order valence-electron chi connectivity index (χ1n) is 10.7. The first-order valence-corrected chi connectivity index (χ1v) is 10.7. The fourth-order valence-corrected chi connectivity index (χ4v) is 3.57. The molecule has 0 saturated carbocycles. The van der Waals surface area contributed by atoms with E-state index in [1.807, 2.05) is 18.2 Å². The summed E-state index contributed by atoms with van der Waals surface area (Å²) >= 11 is 0. The lowest BCUT2D eigenvalue weighted by Crippen LogP contribution is -2.21. The van der Waals surface area contributed by atoms with Crippen molar-refractivity contribution in [2.75, 3.05) is 20.8 Å². The first kappa shape index (κ1) is 22.9. The number of allylic oxidation sites excluding steroid dienone is 1. The van der Waals surface area contributed by atoms with E-state index in [2.05, 4.69) is 0 Å². The first-order chi connectivity index (χ1) is 16.5. The third-order valence-corrected chi connectivity index (χ3v) is 5.20. The Morgan fingerprint density at radius 1 is 0.971 bits per heavy atom. The summed E-state index contributed by atoms with van der Waals surface area (Å²) in [7, 11) is 3.10. The maximum Gasteiger partial charge on any atom is 0.352 e. The van der Waals surface area contributed by atoms with Gasteiger partial charge in [0.05, 0.1) is 26.4 Å². The van der Waals surface area contributed by atoms with E-state index in [0.717, 1.165) is 5.56 Å². The van der Waals surface area contributed by atoms with Crippen LogP contribution in [0.4, 0.5) is 0 Å². The molecule has 0 bridgehead atoms. The largest absolute Gasteiger partial charge is 0.493 e. The molecular weight excluding hydrogens is 436 g/mol. The van der Waals surface area contributed by atoms with Crippen LogP contribution in [0.3, 0.4) is 0 Å². The molecule has 0 N–H and O–H groups in total. The molecule has 0 aliphatic carbocycles. The standard InChI is InChI=1S/C27H24O7/c1-4-32-27(29)26(18-8-6-5-7-9-18)33-19-11-12-20-22(16-19)34-24(25(20)28)15-17-10-13-21(30-2)23(14-17)31-3/h5-16,26H,4H2,1-3H3/t26-/m0/s1. The minimum Gasteiger partial charge on any atom is -0.493 e. The third-order valence-electron chi connectivity index (χ3n) is 5.20. The number of carbonyl (C=O) groups is 2. The van der Waals surface area contributed by atoms with Crippen molar-refractivity contribution in [3.8, 4) is 23.0 Å². The average molecular weight is 460 g/mol. The van der Waals surface area contributed by atoms with Gasteiger partial charge in [0.25, 0.3) is 0 Å². The Hall–Kier alpha value is -4.26. The smallest absolute Gasteiger partial charge is 0.352 e. The van der Waals surface area contributed by atoms with Gasteiger partial charge in [0, 0.05) is 11.6 Å². The van der Waals surface area contributed by atoms with Crippen molar-refractivity contribution in [1.82, 2.24) is 0 Å². The van der Waals surface area contributed by atoms with E-state index in [9.17, 15) is 9.59 Å². The number of Topliss-reactive ketones (excluding diaryl/α,β-unsaturated/α-hetero) is 1. The van der Waals surface area contributed by atoms with Crippen LogP contribution in [0.15, 0.2) is 72.5 Å². The highest BCUT2D eigenvalue weighted by Crippen LogP contribution is 2.37. The molecule has 4 rings (SSSR count). The molecule has 3 aromatic carbocycles. The maximum atomic E-state index is 12.9. The predicted octanol–water partition coefficient (Wildman–Crippen LogP) is 5.00. The summed E-state index contributed by atoms with van der Waals surface area (Å²) in [6.45, 7) is 1.97. The molecule has 3 aromatic rings. The van der Waals surface area contributed by atoms with Crippen LogP contribution in [0.2, 0.25) is 0 Å². The maximum absolute atomic E-state index is 12.9. The Bertz CT molecular complexity index is 1230. The fourth-order valence-electron chi connectivity index (χ4n) is 3.57. The zero-order chi connectivity index (χ0) is 24.1. The second-order valence-electron chi connectivity index (χ2n) is 7.37. The highest BCUT2D eigenvalue weighted by Gasteiger charge is 2.29. The lowest BCUT2D eigenvalue weighted by molar-refractivity contribution is -0.151. The molecule has 0 fully saturated rings. The Labute approximate surface area is 197 Å². The average Bonchev–Trinajstić information content (AvgIpc) is 3.17. The minimum atomic E-state index is -0.946. The van der Waals surface area contributed by atoms with Crippen molar-refractivity contribution in [2.45, 2.75) is 13.0 Å². The number of hydrogen-bond acceptors (Lipinski definition) is 7. The molecular formula is C27H24O7. The van der Waals surface area contributed by atoms with E-state index in [4.69, 9.17) is 23.7 Å². The Kier molecular flexibility index (Phi) is 6.82. The van der Waals surface area contributed by atoms with E-state index in [1.165, 1.54) is 0 Å². The Morgan fingerprint density at radius 2 is 1.74 bits per heavy atom. The molecule has 34 heavy (non-hydrogen) atoms. The summed E-state index contributed by atoms with van der Waals surface area (Å²) in [4.78, 5) is 25.4. The Morgan fingerprint density at radius 3 is 2.44 bits per heavy atom. The van der Waals surface area contributed by atoms with Gasteiger partial charge in [-0.1, -0.05) is 36.4 Å². The monoisotopic (exact) mass is 460 g/mol. The van der Waals surface area contributed by atoms with Gasteiger partial charge in [-0.15, -0.1) is 0 Å². The van der Waals surface area contributed by atoms with Crippen molar-refractivity contribution >= 4 is 17.8 Å². The summed E-state index contributed by atoms with van der Waals surface area (Å²) in [6.07, 6.45) is 0.689. The SMILES string of the molecule is CCOC(=O)[C@@H](Oc1ccc2c(c1)OC(=Cc1ccc(OC)c(OC)c1)C2=O)c1ccccc1. The topological polar surface area (TPSA) is 80.3 Å². The molecule has 1 atom stereocenters. The van der Waals surface area contributed by atoms with E-state index in [1.54, 1.807) is 75.8 Å². The number of hydrogen-bond donors (Lipinski definition) is 0. The Balaban J connectivity index is 1.58. The van der Waals surface area contributed by atoms with Crippen LogP contribution in [-0.4, -0.2) is 32.6 Å². The number of carbonyl (C=O) groups excluding carboxylic acids is 2. The van der Waals surface area contributed by atoms with Gasteiger partial charge in [-0.2, -0.15) is 0 Å². The number of benzene rings is 3. The van der Waals surface area contributed by atoms with Crippen LogP contribution in [0.25, 0.3) is 6.08 Å². The number of rotatable bonds is 8. The van der Waals surface area contributed by atoms with Crippen LogP contribution in [0.1, 0.15) is 34.5 Å². The fraction of sp³-hybridized carbons (Fsp3) is 0.185. The molecule has 7 nitrogen and oxygen atoms in total. The summed E-state index contributed by atoms with van der Waals surface area (Å²) < 4.78 is 27.6. The van der Waals surface area contributed by atoms with E-state index < -0.39 is 12.1 Å². The van der Waals surface area contributed by atoms with Crippen LogP contribution < -0.4 is 18.9 Å². The highest BCUT2D eigenvalue weighted by molar-refractivity contribution is 6.14. The van der Waals surface area contributed by atoms with Crippen molar-refractivity contribution < 1.29 is 33.3 Å². The van der Waals surface area contributed by atoms with Crippen LogP contribution >= 0.6 is 0 Å². The van der Waals surface area contributed by atoms with Gasteiger partial charge in [-0.05, 0) is 42.8 Å². The van der Waals surface area contributed by atoms with Crippen molar-refractivity contribution in [1.29, 1.82) is 0 Å². The van der Waals surface area contributed by atoms with Crippen LogP contribution in [0, 0.1) is 0 Å². The van der Waals surface area contributed by atoms with Crippen LogP contribution in [0.5, 0.6) is 23.0 Å². The molecule has 174 valence electrons. The van der Waals surface area contributed by atoms with E-state index in [0.29, 0.717) is 34.1 Å². The van der Waals surface area contributed by atoms with Gasteiger partial charge in [0.15, 0.2) is 17.3 Å². The number of fused-ring (bicyclic) bond motifs is 1. The molecule has 0 amide bonds. The summed E-state index contributed by atoms with van der Waals surface area (Å²) in [6, 6.07) is 19.2. The second-order valence-corrected chi connectivity index (χ2v) is 7.37. The molecule has 1 heterocycles. The number of ketones is 1. The molecule has 0 spiro atoms. The molecule has 0 saturated heterocycles. The zero-order valence-corrected chi connectivity index (χ0v) is 19.1. The molecule has 1 aliphatic rings. The van der Waals surface area contributed by atoms with E-state index >= 15 is 0 Å². The quantitative estimate of drug-likeness (QED) is 0.346. The zero-order valence-electron chi connectivity index (χ0n) is 19.1. The minimum absolute atomic E-state index is 0.171. The van der Waals surface area contributed by atoms with Gasteiger partial charge in [0.1, 0.15) is 11.5 Å². The van der Waals surface area contributed by atoms with Gasteiger partial charge >= 0.3 is 5.97 Å². The number of esters is 1. The summed E-state index contributed by atoms with van der Waals surface area (Å²) in [5.41, 5.74) is 1.79. The summed E-state index contributed by atoms with van der Waals surface area (Å²) in [5.74, 6) is 1.28. The third kappa shape index (κ3) is 4.73. The second kappa shape index (κ2) is 10.1. The van der Waals surface area contributed by atoms with E-state index in [-0.39, 0.29) is 18.1 Å². The predicted molar refractivity (Wildman–Crippen MR) is 125 cm³/mol. The lowest BCUT2D eigenvalue weighted by Gasteiger charge is -2.18. The molecule has 7 heteroatoms. The van der Waals surface area contributed by atoms with Gasteiger partial charge in [-0.3, -0.25) is 4.79 Å². The molecule has 0 unspecified atom stereocenters. The van der Waals surface area contributed by atoms with Crippen LogP contribution in [-0.2, 0) is 9.53 Å².